The maximum absolute atomic E-state index is 12.1. The number of anilines is 1. The highest BCUT2D eigenvalue weighted by atomic mass is 16.2. The fourth-order valence-corrected chi connectivity index (χ4v) is 2.19. The van der Waals surface area contributed by atoms with E-state index in [4.69, 9.17) is 0 Å². The number of carbonyl (C=O) groups excluding carboxylic acids is 2. The highest BCUT2D eigenvalue weighted by Crippen LogP contribution is 2.20. The van der Waals surface area contributed by atoms with E-state index >= 15 is 0 Å². The molecule has 0 atom stereocenters. The molecule has 0 bridgehead atoms. The van der Waals surface area contributed by atoms with E-state index in [1.807, 2.05) is 19.1 Å². The highest BCUT2D eigenvalue weighted by Gasteiger charge is 2.26. The van der Waals surface area contributed by atoms with E-state index in [2.05, 4.69) is 20.9 Å². The van der Waals surface area contributed by atoms with Gasteiger partial charge in [-0.25, -0.2) is 9.48 Å². The molecule has 0 unspecified atom stereocenters. The van der Waals surface area contributed by atoms with Crippen LogP contribution in [0.2, 0.25) is 0 Å². The minimum atomic E-state index is -0.196. The van der Waals surface area contributed by atoms with Gasteiger partial charge in [0.1, 0.15) is 0 Å². The topological polar surface area (TPSA) is 92.1 Å². The van der Waals surface area contributed by atoms with Gasteiger partial charge in [0.2, 0.25) is 0 Å². The van der Waals surface area contributed by atoms with Crippen molar-refractivity contribution in [1.29, 1.82) is 0 Å². The number of nitrogens with zero attached hydrogens (tertiary/aromatic N) is 4. The van der Waals surface area contributed by atoms with Crippen LogP contribution in [0.1, 0.15) is 29.0 Å². The van der Waals surface area contributed by atoms with Gasteiger partial charge in [0.05, 0.1) is 11.4 Å². The number of nitrogens with one attached hydrogen (secondary N) is 2. The third-order valence-electron chi connectivity index (χ3n) is 3.79. The summed E-state index contributed by atoms with van der Waals surface area (Å²) < 4.78 is 1.61. The van der Waals surface area contributed by atoms with Crippen molar-refractivity contribution in [2.75, 3.05) is 19.4 Å². The number of amides is 3. The average molecular weight is 328 g/mol. The van der Waals surface area contributed by atoms with Gasteiger partial charge >= 0.3 is 6.03 Å². The molecule has 0 saturated heterocycles. The molecule has 8 heteroatoms. The zero-order chi connectivity index (χ0) is 17.3. The molecule has 2 aromatic rings. The number of urea groups is 1. The normalized spacial score (nSPS) is 13.5. The lowest BCUT2D eigenvalue weighted by atomic mass is 10.2. The molecule has 1 aromatic heterocycles. The van der Waals surface area contributed by atoms with E-state index in [0.29, 0.717) is 17.1 Å². The van der Waals surface area contributed by atoms with Gasteiger partial charge in [0, 0.05) is 25.8 Å². The van der Waals surface area contributed by atoms with E-state index in [1.54, 1.807) is 30.9 Å². The largest absolute Gasteiger partial charge is 0.348 e. The van der Waals surface area contributed by atoms with E-state index < -0.39 is 0 Å². The zero-order valence-electron chi connectivity index (χ0n) is 13.9. The van der Waals surface area contributed by atoms with Crippen molar-refractivity contribution in [1.82, 2.24) is 25.2 Å². The maximum atomic E-state index is 12.1. The Morgan fingerprint density at radius 1 is 1.21 bits per heavy atom. The summed E-state index contributed by atoms with van der Waals surface area (Å²) in [5.41, 5.74) is 2.47. The van der Waals surface area contributed by atoms with Crippen LogP contribution in [0.25, 0.3) is 5.69 Å². The summed E-state index contributed by atoms with van der Waals surface area (Å²) >= 11 is 0. The fraction of sp³-hybridized carbons (Fsp3) is 0.375. The first-order chi connectivity index (χ1) is 11.5. The van der Waals surface area contributed by atoms with Crippen LogP contribution in [0, 0.1) is 6.92 Å². The fourth-order valence-electron chi connectivity index (χ4n) is 2.19. The van der Waals surface area contributed by atoms with Crippen molar-refractivity contribution in [2.45, 2.75) is 25.8 Å². The predicted octanol–water partition coefficient (Wildman–Crippen LogP) is 1.56. The third-order valence-corrected chi connectivity index (χ3v) is 3.79. The average Bonchev–Trinajstić information content (AvgIpc) is 3.28. The maximum Gasteiger partial charge on any atom is 0.321 e. The number of aromatic nitrogens is 3. The van der Waals surface area contributed by atoms with Crippen LogP contribution in [-0.4, -0.2) is 52.0 Å². The quantitative estimate of drug-likeness (QED) is 0.891. The van der Waals surface area contributed by atoms with Crippen LogP contribution in [0.3, 0.4) is 0 Å². The van der Waals surface area contributed by atoms with Crippen molar-refractivity contribution in [3.05, 3.63) is 35.7 Å². The van der Waals surface area contributed by atoms with E-state index in [-0.39, 0.29) is 18.0 Å². The Morgan fingerprint density at radius 2 is 1.88 bits per heavy atom. The molecular formula is C16H20N6O2. The molecule has 24 heavy (non-hydrogen) atoms. The number of hydrogen-bond acceptors (Lipinski definition) is 4. The second-order valence-electron chi connectivity index (χ2n) is 6.05. The number of hydrogen-bond donors (Lipinski definition) is 2. The van der Waals surface area contributed by atoms with Gasteiger partial charge in [-0.3, -0.25) is 4.79 Å². The van der Waals surface area contributed by atoms with Crippen molar-refractivity contribution in [2.24, 2.45) is 0 Å². The zero-order valence-corrected chi connectivity index (χ0v) is 13.9. The molecule has 0 spiro atoms. The van der Waals surface area contributed by atoms with Crippen LogP contribution >= 0.6 is 0 Å². The first kappa shape index (κ1) is 16.0. The Kier molecular flexibility index (Phi) is 4.20. The summed E-state index contributed by atoms with van der Waals surface area (Å²) in [5, 5.41) is 13.7. The van der Waals surface area contributed by atoms with Crippen molar-refractivity contribution in [3.8, 4) is 5.69 Å². The van der Waals surface area contributed by atoms with Gasteiger partial charge in [-0.2, -0.15) is 0 Å². The van der Waals surface area contributed by atoms with Gasteiger partial charge in [0.15, 0.2) is 5.69 Å². The number of carbonyl (C=O) groups is 2. The smallest absolute Gasteiger partial charge is 0.321 e. The first-order valence-electron chi connectivity index (χ1n) is 7.77. The van der Waals surface area contributed by atoms with Gasteiger partial charge < -0.3 is 15.5 Å². The summed E-state index contributed by atoms with van der Waals surface area (Å²) in [7, 11) is 3.35. The molecule has 3 rings (SSSR count). The van der Waals surface area contributed by atoms with Crippen molar-refractivity contribution >= 4 is 17.6 Å². The predicted molar refractivity (Wildman–Crippen MR) is 89.3 cm³/mol. The van der Waals surface area contributed by atoms with Crippen LogP contribution in [-0.2, 0) is 0 Å². The Balaban J connectivity index is 1.75. The molecule has 1 saturated carbocycles. The second-order valence-corrected chi connectivity index (χ2v) is 6.05. The summed E-state index contributed by atoms with van der Waals surface area (Å²) in [6, 6.07) is 7.27. The molecule has 0 radical (unpaired) electrons. The molecule has 1 aliphatic carbocycles. The Morgan fingerprint density at radius 3 is 2.46 bits per heavy atom. The number of rotatable bonds is 4. The molecule has 3 amide bonds. The van der Waals surface area contributed by atoms with Crippen molar-refractivity contribution < 1.29 is 9.59 Å². The second kappa shape index (κ2) is 6.31. The first-order valence-corrected chi connectivity index (χ1v) is 7.77. The lowest BCUT2D eigenvalue weighted by Crippen LogP contribution is -2.27. The lowest BCUT2D eigenvalue weighted by Gasteiger charge is -2.12. The summed E-state index contributed by atoms with van der Waals surface area (Å²) in [5.74, 6) is -0.184. The third kappa shape index (κ3) is 3.37. The SMILES string of the molecule is Cc1c(C(=O)NC2CC2)nnn1-c1ccc(NC(=O)N(C)C)cc1. The van der Waals surface area contributed by atoms with E-state index in [9.17, 15) is 9.59 Å². The molecule has 2 N–H and O–H groups in total. The monoisotopic (exact) mass is 328 g/mol. The highest BCUT2D eigenvalue weighted by molar-refractivity contribution is 5.93. The molecule has 1 heterocycles. The van der Waals surface area contributed by atoms with E-state index in [1.165, 1.54) is 4.90 Å². The van der Waals surface area contributed by atoms with Crippen LogP contribution < -0.4 is 10.6 Å². The van der Waals surface area contributed by atoms with Crippen molar-refractivity contribution in [3.63, 3.8) is 0 Å². The standard InChI is InChI=1S/C16H20N6O2/c1-10-14(15(23)17-11-4-5-11)19-20-22(10)13-8-6-12(7-9-13)18-16(24)21(2)3/h6-9,11H,4-5H2,1-3H3,(H,17,23)(H,18,24). The Hall–Kier alpha value is -2.90. The van der Waals surface area contributed by atoms with Gasteiger partial charge in [0.25, 0.3) is 5.91 Å². The summed E-state index contributed by atoms with van der Waals surface area (Å²) in [6.07, 6.45) is 2.05. The lowest BCUT2D eigenvalue weighted by molar-refractivity contribution is 0.0945. The van der Waals surface area contributed by atoms with Crippen LogP contribution in [0.4, 0.5) is 10.5 Å². The van der Waals surface area contributed by atoms with E-state index in [0.717, 1.165) is 18.5 Å². The minimum Gasteiger partial charge on any atom is -0.348 e. The molecule has 8 nitrogen and oxygen atoms in total. The number of benzene rings is 1. The minimum absolute atomic E-state index is 0.184. The molecule has 1 fully saturated rings. The molecule has 0 aliphatic heterocycles. The van der Waals surface area contributed by atoms with Gasteiger partial charge in [-0.1, -0.05) is 5.21 Å². The molecule has 1 aliphatic rings. The van der Waals surface area contributed by atoms with Gasteiger partial charge in [-0.15, -0.1) is 5.10 Å². The van der Waals surface area contributed by atoms with Gasteiger partial charge in [-0.05, 0) is 44.0 Å². The molecular weight excluding hydrogens is 308 g/mol. The summed E-state index contributed by atoms with van der Waals surface area (Å²) in [4.78, 5) is 25.2. The molecule has 126 valence electrons. The van der Waals surface area contributed by atoms with Crippen LogP contribution in [0.5, 0.6) is 0 Å². The summed E-state index contributed by atoms with van der Waals surface area (Å²) in [6.45, 7) is 1.81. The Bertz CT molecular complexity index is 761. The van der Waals surface area contributed by atoms with Crippen LogP contribution in [0.15, 0.2) is 24.3 Å². The Labute approximate surface area is 139 Å². The molecule has 1 aromatic carbocycles.